The maximum absolute atomic E-state index is 11.1. The quantitative estimate of drug-likeness (QED) is 0.571. The molecule has 0 bridgehead atoms. The first kappa shape index (κ1) is 15.0. The normalized spacial score (nSPS) is 9.89. The van der Waals surface area contributed by atoms with Crippen LogP contribution in [0.3, 0.4) is 0 Å². The number of aliphatic hydroxyl groups is 1. The van der Waals surface area contributed by atoms with Crippen LogP contribution in [0.15, 0.2) is 24.3 Å². The minimum absolute atomic E-state index is 0.0171. The molecular formula is C12H16INO4. The lowest BCUT2D eigenvalue weighted by Crippen LogP contribution is -2.29. The first-order chi connectivity index (χ1) is 8.72. The Morgan fingerprint density at radius 1 is 1.28 bits per heavy atom. The summed E-state index contributed by atoms with van der Waals surface area (Å²) >= 11 is 2.22. The Morgan fingerprint density at radius 2 is 2.00 bits per heavy atom. The van der Waals surface area contributed by atoms with E-state index in [1.165, 1.54) is 0 Å². The van der Waals surface area contributed by atoms with Gasteiger partial charge in [0.1, 0.15) is 12.4 Å². The minimum Gasteiger partial charge on any atom is -0.492 e. The number of rotatable bonds is 7. The van der Waals surface area contributed by atoms with Crippen molar-refractivity contribution in [3.8, 4) is 5.75 Å². The lowest BCUT2D eigenvalue weighted by Gasteiger charge is -2.08. The fourth-order valence-corrected chi connectivity index (χ4v) is 1.49. The largest absolute Gasteiger partial charge is 0.492 e. The average Bonchev–Trinajstić information content (AvgIpc) is 2.37. The summed E-state index contributed by atoms with van der Waals surface area (Å²) in [7, 11) is 0. The van der Waals surface area contributed by atoms with Crippen LogP contribution < -0.4 is 10.1 Å². The van der Waals surface area contributed by atoms with Crippen molar-refractivity contribution in [1.82, 2.24) is 5.32 Å². The van der Waals surface area contributed by atoms with Gasteiger partial charge >= 0.3 is 6.09 Å². The third-order valence-corrected chi connectivity index (χ3v) is 2.71. The number of benzene rings is 1. The van der Waals surface area contributed by atoms with Crippen LogP contribution in [0, 0.1) is 3.57 Å². The fraction of sp³-hybridized carbons (Fsp3) is 0.417. The van der Waals surface area contributed by atoms with Gasteiger partial charge in [0, 0.05) is 16.6 Å². The average molecular weight is 365 g/mol. The summed E-state index contributed by atoms with van der Waals surface area (Å²) in [5.74, 6) is 0.769. The predicted molar refractivity (Wildman–Crippen MR) is 75.7 cm³/mol. The van der Waals surface area contributed by atoms with Crippen molar-refractivity contribution in [2.45, 2.75) is 6.42 Å². The van der Waals surface area contributed by atoms with Gasteiger partial charge in [-0.25, -0.2) is 4.79 Å². The Bertz CT molecular complexity index is 356. The SMILES string of the molecule is O=C(NCCOc1ccc(I)cc1)OCCCO. The van der Waals surface area contributed by atoms with E-state index in [1.54, 1.807) is 0 Å². The second-order valence-corrected chi connectivity index (χ2v) is 4.69. The van der Waals surface area contributed by atoms with Crippen molar-refractivity contribution in [1.29, 1.82) is 0 Å². The van der Waals surface area contributed by atoms with Crippen molar-refractivity contribution in [2.24, 2.45) is 0 Å². The van der Waals surface area contributed by atoms with Crippen LogP contribution in [-0.4, -0.2) is 37.6 Å². The van der Waals surface area contributed by atoms with Gasteiger partial charge in [0.2, 0.25) is 0 Å². The molecule has 5 nitrogen and oxygen atoms in total. The number of carbonyl (C=O) groups excluding carboxylic acids is 1. The summed E-state index contributed by atoms with van der Waals surface area (Å²) in [6.45, 7) is 1.00. The van der Waals surface area contributed by atoms with E-state index in [2.05, 4.69) is 27.9 Å². The summed E-state index contributed by atoms with van der Waals surface area (Å²) in [6, 6.07) is 7.65. The second kappa shape index (κ2) is 8.98. The molecule has 0 aliphatic rings. The molecule has 0 fully saturated rings. The molecule has 0 atom stereocenters. The molecular weight excluding hydrogens is 349 g/mol. The predicted octanol–water partition coefficient (Wildman–Crippen LogP) is 1.78. The molecule has 2 N–H and O–H groups in total. The number of hydrogen-bond donors (Lipinski definition) is 2. The minimum atomic E-state index is -0.491. The topological polar surface area (TPSA) is 67.8 Å². The maximum atomic E-state index is 11.1. The number of ether oxygens (including phenoxy) is 2. The number of aliphatic hydroxyl groups excluding tert-OH is 1. The molecule has 1 rings (SSSR count). The van der Waals surface area contributed by atoms with E-state index >= 15 is 0 Å². The Hall–Kier alpha value is -1.02. The maximum Gasteiger partial charge on any atom is 0.407 e. The Morgan fingerprint density at radius 3 is 2.67 bits per heavy atom. The summed E-state index contributed by atoms with van der Waals surface area (Å²) in [4.78, 5) is 11.1. The first-order valence-corrected chi connectivity index (χ1v) is 6.70. The molecule has 1 aromatic carbocycles. The Labute approximate surface area is 120 Å². The second-order valence-electron chi connectivity index (χ2n) is 3.44. The van der Waals surface area contributed by atoms with E-state index in [0.717, 1.165) is 9.32 Å². The molecule has 0 heterocycles. The molecule has 0 aromatic heterocycles. The molecule has 0 saturated carbocycles. The third kappa shape index (κ3) is 6.65. The summed E-state index contributed by atoms with van der Waals surface area (Å²) in [6.07, 6.45) is -0.0401. The molecule has 1 amide bonds. The van der Waals surface area contributed by atoms with Crippen LogP contribution in [0.5, 0.6) is 5.75 Å². The highest BCUT2D eigenvalue weighted by molar-refractivity contribution is 14.1. The van der Waals surface area contributed by atoms with E-state index < -0.39 is 6.09 Å². The molecule has 18 heavy (non-hydrogen) atoms. The number of hydrogen-bond acceptors (Lipinski definition) is 4. The number of halogens is 1. The highest BCUT2D eigenvalue weighted by Crippen LogP contribution is 2.12. The molecule has 0 spiro atoms. The van der Waals surface area contributed by atoms with Gasteiger partial charge in [-0.1, -0.05) is 0 Å². The van der Waals surface area contributed by atoms with Gasteiger partial charge < -0.3 is 19.9 Å². The van der Waals surface area contributed by atoms with Crippen molar-refractivity contribution < 1.29 is 19.4 Å². The van der Waals surface area contributed by atoms with Crippen molar-refractivity contribution in [2.75, 3.05) is 26.4 Å². The third-order valence-electron chi connectivity index (χ3n) is 1.99. The molecule has 0 aliphatic heterocycles. The highest BCUT2D eigenvalue weighted by Gasteiger charge is 2.00. The number of nitrogens with one attached hydrogen (secondary N) is 1. The van der Waals surface area contributed by atoms with Gasteiger partial charge in [-0.2, -0.15) is 0 Å². The highest BCUT2D eigenvalue weighted by atomic mass is 127. The van der Waals surface area contributed by atoms with Gasteiger partial charge in [0.05, 0.1) is 13.2 Å². The van der Waals surface area contributed by atoms with E-state index in [1.807, 2.05) is 24.3 Å². The van der Waals surface area contributed by atoms with Crippen molar-refractivity contribution in [3.63, 3.8) is 0 Å². The number of carbonyl (C=O) groups is 1. The smallest absolute Gasteiger partial charge is 0.407 e. The molecule has 0 saturated heterocycles. The molecule has 0 aliphatic carbocycles. The summed E-state index contributed by atoms with van der Waals surface area (Å²) < 4.78 is 11.4. The molecule has 100 valence electrons. The van der Waals surface area contributed by atoms with E-state index in [0.29, 0.717) is 19.6 Å². The van der Waals surface area contributed by atoms with Gasteiger partial charge in [-0.05, 0) is 46.9 Å². The Balaban J connectivity index is 2.07. The van der Waals surface area contributed by atoms with Crippen molar-refractivity contribution in [3.05, 3.63) is 27.8 Å². The standard InChI is InChI=1S/C12H16INO4/c13-10-2-4-11(5-3-10)17-9-6-14-12(16)18-8-1-7-15/h2-5,15H,1,6-9H2,(H,14,16). The van der Waals surface area contributed by atoms with Crippen LogP contribution >= 0.6 is 22.6 Å². The lowest BCUT2D eigenvalue weighted by atomic mass is 10.3. The molecule has 1 aromatic rings. The zero-order chi connectivity index (χ0) is 13.2. The van der Waals surface area contributed by atoms with Gasteiger partial charge in [-0.3, -0.25) is 0 Å². The van der Waals surface area contributed by atoms with Crippen LogP contribution in [-0.2, 0) is 4.74 Å². The monoisotopic (exact) mass is 365 g/mol. The summed E-state index contributed by atoms with van der Waals surface area (Å²) in [5.41, 5.74) is 0. The van der Waals surface area contributed by atoms with Crippen molar-refractivity contribution >= 4 is 28.7 Å². The molecule has 0 radical (unpaired) electrons. The summed E-state index contributed by atoms with van der Waals surface area (Å²) in [5, 5.41) is 11.1. The molecule has 0 unspecified atom stereocenters. The van der Waals surface area contributed by atoms with Gasteiger partial charge in [0.15, 0.2) is 0 Å². The molecule has 6 heteroatoms. The zero-order valence-corrected chi connectivity index (χ0v) is 12.1. The van der Waals surface area contributed by atoms with Crippen LogP contribution in [0.25, 0.3) is 0 Å². The van der Waals surface area contributed by atoms with E-state index in [4.69, 9.17) is 14.6 Å². The van der Waals surface area contributed by atoms with E-state index in [9.17, 15) is 4.79 Å². The number of alkyl carbamates (subject to hydrolysis) is 1. The van der Waals surface area contributed by atoms with Crippen LogP contribution in [0.1, 0.15) is 6.42 Å². The van der Waals surface area contributed by atoms with Gasteiger partial charge in [0.25, 0.3) is 0 Å². The van der Waals surface area contributed by atoms with Crippen LogP contribution in [0.2, 0.25) is 0 Å². The first-order valence-electron chi connectivity index (χ1n) is 5.62. The Kier molecular flexibility index (Phi) is 7.51. The lowest BCUT2D eigenvalue weighted by molar-refractivity contribution is 0.134. The zero-order valence-electron chi connectivity index (χ0n) is 9.89. The fourth-order valence-electron chi connectivity index (χ4n) is 1.13. The van der Waals surface area contributed by atoms with Crippen LogP contribution in [0.4, 0.5) is 4.79 Å². The van der Waals surface area contributed by atoms with Gasteiger partial charge in [-0.15, -0.1) is 0 Å². The number of amides is 1. The van der Waals surface area contributed by atoms with E-state index in [-0.39, 0.29) is 13.2 Å².